The van der Waals surface area contributed by atoms with Crippen LogP contribution in [0.2, 0.25) is 5.02 Å². The minimum Gasteiger partial charge on any atom is -0.508 e. The van der Waals surface area contributed by atoms with E-state index in [9.17, 15) is 39.6 Å². The summed E-state index contributed by atoms with van der Waals surface area (Å²) in [4.78, 5) is 52.8. The van der Waals surface area contributed by atoms with Crippen LogP contribution in [-0.2, 0) is 43.3 Å². The van der Waals surface area contributed by atoms with Gasteiger partial charge in [0.15, 0.2) is 11.4 Å². The van der Waals surface area contributed by atoms with Gasteiger partial charge in [-0.3, -0.25) is 19.3 Å². The fourth-order valence-corrected chi connectivity index (χ4v) is 8.81. The summed E-state index contributed by atoms with van der Waals surface area (Å²) in [7, 11) is 1.43. The molecule has 2 aromatic carbocycles. The van der Waals surface area contributed by atoms with E-state index in [-0.39, 0.29) is 35.7 Å². The van der Waals surface area contributed by atoms with Crippen LogP contribution in [0.1, 0.15) is 51.6 Å². The number of carbonyl (C=O) groups is 4. The summed E-state index contributed by atoms with van der Waals surface area (Å²) in [5.74, 6) is -6.40. The Balaban J connectivity index is 0.000000174. The molecule has 0 spiro atoms. The van der Waals surface area contributed by atoms with Gasteiger partial charge < -0.3 is 30.9 Å². The molecule has 1 saturated carbocycles. The maximum absolute atomic E-state index is 13.1. The number of nitrogens with zero attached hydrogens (tertiary/aromatic N) is 1. The van der Waals surface area contributed by atoms with Crippen molar-refractivity contribution in [2.75, 3.05) is 13.7 Å². The number of ketones is 2. The Labute approximate surface area is 290 Å². The molecule has 4 atom stereocenters. The number of hydrogen-bond acceptors (Lipinski definition) is 11. The van der Waals surface area contributed by atoms with Crippen LogP contribution >= 0.6 is 22.9 Å². The van der Waals surface area contributed by atoms with Gasteiger partial charge in [0.05, 0.1) is 12.7 Å². The van der Waals surface area contributed by atoms with Gasteiger partial charge in [0.1, 0.15) is 28.9 Å². The van der Waals surface area contributed by atoms with Gasteiger partial charge in [-0.2, -0.15) is 0 Å². The highest BCUT2D eigenvalue weighted by Crippen LogP contribution is 2.51. The third-order valence-electron chi connectivity index (χ3n) is 9.97. The average Bonchev–Trinajstić information content (AvgIpc) is 3.43. The van der Waals surface area contributed by atoms with Gasteiger partial charge in [0, 0.05) is 40.9 Å². The summed E-state index contributed by atoms with van der Waals surface area (Å²) >= 11 is 8.13. The van der Waals surface area contributed by atoms with E-state index in [1.54, 1.807) is 12.1 Å². The number of amides is 1. The summed E-state index contributed by atoms with van der Waals surface area (Å²) in [6.07, 6.45) is 1.11. The highest BCUT2D eigenvalue weighted by Gasteiger charge is 2.60. The molecule has 3 aromatic rings. The molecular weight excluding hydrogens is 672 g/mol. The molecule has 0 radical (unpaired) electrons. The number of phenols is 1. The second-order valence-electron chi connectivity index (χ2n) is 12.7. The van der Waals surface area contributed by atoms with Gasteiger partial charge in [-0.25, -0.2) is 4.79 Å². The number of carbonyl (C=O) groups excluding carboxylic acids is 4. The zero-order valence-electron chi connectivity index (χ0n) is 26.7. The van der Waals surface area contributed by atoms with Crippen molar-refractivity contribution in [3.05, 3.63) is 102 Å². The Morgan fingerprint density at radius 3 is 2.53 bits per heavy atom. The number of aryl methyl sites for hydroxylation is 1. The van der Waals surface area contributed by atoms with Crippen LogP contribution in [0.4, 0.5) is 0 Å². The SMILES string of the molecule is COC(=O)[C@H](c1ccccc1Cl)N1CCc2scc(C)c2C1.NC(=O)C1=C(O)[C@]2(O)C(=O)C3=C(O)c4c(O)cccc4CC3CC2CC1=O. The van der Waals surface area contributed by atoms with E-state index in [1.807, 2.05) is 35.6 Å². The summed E-state index contributed by atoms with van der Waals surface area (Å²) in [6, 6.07) is 11.7. The molecule has 11 nitrogen and oxygen atoms in total. The number of benzene rings is 2. The summed E-state index contributed by atoms with van der Waals surface area (Å²) in [6.45, 7) is 3.72. The molecule has 4 aliphatic rings. The Bertz CT molecular complexity index is 1970. The van der Waals surface area contributed by atoms with Crippen molar-refractivity contribution in [3.63, 3.8) is 0 Å². The van der Waals surface area contributed by atoms with Crippen LogP contribution in [0.15, 0.2) is 64.8 Å². The van der Waals surface area contributed by atoms with E-state index in [0.717, 1.165) is 25.1 Å². The molecule has 7 rings (SSSR count). The maximum atomic E-state index is 13.1. The number of aliphatic hydroxyl groups excluding tert-OH is 2. The maximum Gasteiger partial charge on any atom is 0.327 e. The molecule has 2 heterocycles. The van der Waals surface area contributed by atoms with Crippen LogP contribution < -0.4 is 5.73 Å². The van der Waals surface area contributed by atoms with Crippen molar-refractivity contribution in [1.29, 1.82) is 0 Å². The number of primary amides is 1. The number of halogens is 1. The molecular formula is C36H35ClN2O9S. The smallest absolute Gasteiger partial charge is 0.327 e. The van der Waals surface area contributed by atoms with Gasteiger partial charge in [-0.15, -0.1) is 11.3 Å². The van der Waals surface area contributed by atoms with Crippen LogP contribution in [0.25, 0.3) is 5.76 Å². The van der Waals surface area contributed by atoms with Crippen LogP contribution in [0.5, 0.6) is 5.75 Å². The molecule has 1 aliphatic heterocycles. The number of rotatable bonds is 4. The van der Waals surface area contributed by atoms with Gasteiger partial charge in [-0.1, -0.05) is 41.9 Å². The number of methoxy groups -OCH3 is 1. The largest absolute Gasteiger partial charge is 0.508 e. The summed E-state index contributed by atoms with van der Waals surface area (Å²) < 4.78 is 5.04. The monoisotopic (exact) mass is 706 g/mol. The second kappa shape index (κ2) is 13.1. The first-order valence-electron chi connectivity index (χ1n) is 15.7. The number of fused-ring (bicyclic) bond motifs is 4. The number of Topliss-reactive ketones (excluding diaryl/α,β-unsaturated/α-hetero) is 2. The van der Waals surface area contributed by atoms with Crippen molar-refractivity contribution >= 4 is 52.1 Å². The molecule has 256 valence electrons. The van der Waals surface area contributed by atoms with Crippen molar-refractivity contribution < 1.29 is 44.3 Å². The number of thiophene rings is 1. The summed E-state index contributed by atoms with van der Waals surface area (Å²) in [5, 5.41) is 44.9. The molecule has 0 saturated heterocycles. The van der Waals surface area contributed by atoms with Gasteiger partial charge in [0.2, 0.25) is 5.78 Å². The van der Waals surface area contributed by atoms with E-state index in [1.165, 1.54) is 29.2 Å². The molecule has 13 heteroatoms. The lowest BCUT2D eigenvalue weighted by molar-refractivity contribution is -0.148. The quantitative estimate of drug-likeness (QED) is 0.192. The highest BCUT2D eigenvalue weighted by atomic mass is 35.5. The van der Waals surface area contributed by atoms with Crippen molar-refractivity contribution in [2.45, 2.75) is 50.8 Å². The number of ether oxygens (including phenoxy) is 1. The molecule has 49 heavy (non-hydrogen) atoms. The molecule has 2 unspecified atom stereocenters. The molecule has 0 bridgehead atoms. The number of aromatic hydroxyl groups is 1. The average molecular weight is 707 g/mol. The van der Waals surface area contributed by atoms with E-state index in [0.29, 0.717) is 17.0 Å². The van der Waals surface area contributed by atoms with Crippen LogP contribution in [0, 0.1) is 18.8 Å². The minimum absolute atomic E-state index is 0.102. The first-order chi connectivity index (χ1) is 23.3. The van der Waals surface area contributed by atoms with Gasteiger partial charge in [0.25, 0.3) is 5.91 Å². The zero-order valence-corrected chi connectivity index (χ0v) is 28.3. The molecule has 6 N–H and O–H groups in total. The van der Waals surface area contributed by atoms with Crippen LogP contribution in [-0.4, -0.2) is 68.0 Å². The Kier molecular flexibility index (Phi) is 9.18. The van der Waals surface area contributed by atoms with Crippen molar-refractivity contribution in [3.8, 4) is 5.75 Å². The lowest BCUT2D eigenvalue weighted by atomic mass is 9.59. The number of esters is 1. The fraction of sp³-hybridized carbons (Fsp3) is 0.333. The standard InChI is InChI=1S/C19H17NO7.C17H18ClNO2S/c20-18(26)14-11(22)6-9-5-8-4-7-2-1-3-10(21)12(7)15(23)13(8)16(24)19(9,27)17(14)25;1-11-10-22-15-7-8-19(9-13(11)15)16(17(20)21-2)12-5-3-4-6-14(12)18/h1-3,8-9,21,23,25,27H,4-6H2,(H2,20,26);3-6,10,16H,7-9H2,1-2H3/t8?,9?,19-;16-/m10/s1. The third-order valence-corrected chi connectivity index (χ3v) is 11.5. The Morgan fingerprint density at radius 2 is 1.84 bits per heavy atom. The number of phenolic OH excluding ortho intramolecular Hbond substituents is 1. The number of hydrogen-bond donors (Lipinski definition) is 5. The minimum atomic E-state index is -2.51. The van der Waals surface area contributed by atoms with E-state index >= 15 is 0 Å². The van der Waals surface area contributed by atoms with Gasteiger partial charge >= 0.3 is 5.97 Å². The summed E-state index contributed by atoms with van der Waals surface area (Å²) in [5.41, 5.74) is 5.88. The van der Waals surface area contributed by atoms with E-state index in [2.05, 4.69) is 17.2 Å². The topological polar surface area (TPSA) is 188 Å². The number of nitrogens with two attached hydrogens (primary N) is 1. The molecule has 1 aromatic heterocycles. The lowest BCUT2D eigenvalue weighted by Gasteiger charge is -2.46. The fourth-order valence-electron chi connectivity index (χ4n) is 7.53. The Hall–Kier alpha value is -4.49. The number of aliphatic hydroxyl groups is 3. The second-order valence-corrected chi connectivity index (χ2v) is 14.1. The molecule has 1 fully saturated rings. The normalized spacial score (nSPS) is 23.8. The molecule has 1 amide bonds. The predicted molar refractivity (Wildman–Crippen MR) is 181 cm³/mol. The first kappa shape index (κ1) is 34.4. The molecule has 3 aliphatic carbocycles. The lowest BCUT2D eigenvalue weighted by Crippen LogP contribution is -2.58. The third kappa shape index (κ3) is 5.72. The van der Waals surface area contributed by atoms with Crippen LogP contribution in [0.3, 0.4) is 0 Å². The van der Waals surface area contributed by atoms with Crippen molar-refractivity contribution in [1.82, 2.24) is 4.90 Å². The van der Waals surface area contributed by atoms with Crippen molar-refractivity contribution in [2.24, 2.45) is 17.6 Å². The van der Waals surface area contributed by atoms with Gasteiger partial charge in [-0.05, 0) is 71.9 Å². The van der Waals surface area contributed by atoms with E-state index < -0.39 is 58.0 Å². The highest BCUT2D eigenvalue weighted by molar-refractivity contribution is 7.10. The Morgan fingerprint density at radius 1 is 1.10 bits per heavy atom. The predicted octanol–water partition coefficient (Wildman–Crippen LogP) is 4.41. The zero-order chi connectivity index (χ0) is 35.4. The first-order valence-corrected chi connectivity index (χ1v) is 17.0. The van der Waals surface area contributed by atoms with E-state index in [4.69, 9.17) is 22.1 Å².